The summed E-state index contributed by atoms with van der Waals surface area (Å²) in [5.41, 5.74) is 23.8. The fourth-order valence-electron chi connectivity index (χ4n) is 10.3. The Balaban J connectivity index is 0.985. The van der Waals surface area contributed by atoms with E-state index in [2.05, 4.69) is 112 Å². The normalized spacial score (nSPS) is 31.8. The second-order valence-corrected chi connectivity index (χ2v) is 16.1. The minimum Gasteiger partial charge on any atom is -0.0766 e. The van der Waals surface area contributed by atoms with Crippen LogP contribution in [-0.2, 0) is 0 Å². The summed E-state index contributed by atoms with van der Waals surface area (Å²) in [5, 5.41) is 0. The van der Waals surface area contributed by atoms with E-state index in [9.17, 15) is 0 Å². The van der Waals surface area contributed by atoms with E-state index < -0.39 is 0 Å². The standard InChI is InChI=1S/C46H44/c1-46(2,3)37-25-35-14-9-30-16-20-39(41-22-18-36(26-37)43(35)45(30)41)34-13-11-31-23-33(12-10-32(31)24-34)38-19-15-29-8-7-27-5-4-6-28-17-21-40(38)44(29)42(27)28/h5,7-9,14-15,17-19,21-26,35,40,43-44H,4,6,10-13,16,20H2,1-3H3. The maximum atomic E-state index is 2.63. The summed E-state index contributed by atoms with van der Waals surface area (Å²) >= 11 is 0. The van der Waals surface area contributed by atoms with Crippen LogP contribution in [0.4, 0.5) is 0 Å². The molecule has 0 radical (unpaired) electrons. The third-order valence-corrected chi connectivity index (χ3v) is 12.6. The summed E-state index contributed by atoms with van der Waals surface area (Å²) in [7, 11) is 0. The highest BCUT2D eigenvalue weighted by Crippen LogP contribution is 2.55. The van der Waals surface area contributed by atoms with Crippen LogP contribution in [0.1, 0.15) is 72.1 Å². The summed E-state index contributed by atoms with van der Waals surface area (Å²) in [6.45, 7) is 7.05. The molecule has 0 aromatic carbocycles. The lowest BCUT2D eigenvalue weighted by molar-refractivity contribution is 0.489. The summed E-state index contributed by atoms with van der Waals surface area (Å²) < 4.78 is 0. The van der Waals surface area contributed by atoms with Gasteiger partial charge in [0.1, 0.15) is 0 Å². The van der Waals surface area contributed by atoms with Crippen molar-refractivity contribution in [2.75, 3.05) is 0 Å². The average molecular weight is 597 g/mol. The van der Waals surface area contributed by atoms with Gasteiger partial charge in [0.25, 0.3) is 0 Å². The van der Waals surface area contributed by atoms with Gasteiger partial charge < -0.3 is 0 Å². The van der Waals surface area contributed by atoms with Crippen LogP contribution >= 0.6 is 0 Å². The Kier molecular flexibility index (Phi) is 5.81. The highest BCUT2D eigenvalue weighted by Gasteiger charge is 2.41. The highest BCUT2D eigenvalue weighted by molar-refractivity contribution is 5.69. The Morgan fingerprint density at radius 2 is 1.37 bits per heavy atom. The molecule has 0 aliphatic heterocycles. The number of hydrogen-bond acceptors (Lipinski definition) is 0. The van der Waals surface area contributed by atoms with Crippen molar-refractivity contribution in [1.29, 1.82) is 0 Å². The fraction of sp³-hybridized carbons (Fsp3) is 0.348. The van der Waals surface area contributed by atoms with Crippen LogP contribution in [0.2, 0.25) is 0 Å². The molecule has 228 valence electrons. The maximum Gasteiger partial charge on any atom is 0.0201 e. The first-order chi connectivity index (χ1) is 22.4. The number of hydrogen-bond donors (Lipinski definition) is 0. The van der Waals surface area contributed by atoms with Crippen molar-refractivity contribution < 1.29 is 0 Å². The van der Waals surface area contributed by atoms with Gasteiger partial charge in [-0.2, -0.15) is 0 Å². The van der Waals surface area contributed by atoms with Crippen LogP contribution in [-0.4, -0.2) is 0 Å². The molecule has 4 unspecified atom stereocenters. The van der Waals surface area contributed by atoms with Crippen LogP contribution in [0, 0.1) is 29.1 Å². The zero-order chi connectivity index (χ0) is 30.7. The first-order valence-corrected chi connectivity index (χ1v) is 18.0. The van der Waals surface area contributed by atoms with Gasteiger partial charge in [0.2, 0.25) is 0 Å². The Bertz CT molecular complexity index is 2000. The molecule has 0 heteroatoms. The molecule has 10 aliphatic carbocycles. The number of rotatable bonds is 2. The largest absolute Gasteiger partial charge is 0.0766 e. The lowest BCUT2D eigenvalue weighted by Gasteiger charge is -2.42. The fourth-order valence-corrected chi connectivity index (χ4v) is 10.3. The predicted octanol–water partition coefficient (Wildman–Crippen LogP) is 11.7. The molecule has 0 bridgehead atoms. The maximum absolute atomic E-state index is 2.63. The molecule has 0 saturated carbocycles. The summed E-state index contributed by atoms with van der Waals surface area (Å²) in [6.07, 6.45) is 46.8. The molecule has 0 spiro atoms. The molecular weight excluding hydrogens is 553 g/mol. The second kappa shape index (κ2) is 9.80. The summed E-state index contributed by atoms with van der Waals surface area (Å²) in [4.78, 5) is 0. The minimum atomic E-state index is 0.180. The van der Waals surface area contributed by atoms with Gasteiger partial charge in [0, 0.05) is 23.7 Å². The van der Waals surface area contributed by atoms with Crippen molar-refractivity contribution in [3.8, 4) is 0 Å². The SMILES string of the molecule is CC(C)(C)C1=CC2C=CC3=C4C(=C(C5=CC6=C(C=C(C7=CC=C8C=CC9=CCCC%10=C9C8C7C=C%10)CC6)CC5)CC3)C=CC(=C1)C42. The van der Waals surface area contributed by atoms with E-state index in [-0.39, 0.29) is 5.41 Å². The zero-order valence-electron chi connectivity index (χ0n) is 27.6. The van der Waals surface area contributed by atoms with Gasteiger partial charge in [-0.3, -0.25) is 0 Å². The molecule has 0 heterocycles. The third-order valence-electron chi connectivity index (χ3n) is 12.6. The minimum absolute atomic E-state index is 0.180. The van der Waals surface area contributed by atoms with Crippen molar-refractivity contribution in [2.24, 2.45) is 29.1 Å². The van der Waals surface area contributed by atoms with Gasteiger partial charge >= 0.3 is 0 Å². The Morgan fingerprint density at radius 3 is 2.24 bits per heavy atom. The van der Waals surface area contributed by atoms with Gasteiger partial charge in [-0.25, -0.2) is 0 Å². The van der Waals surface area contributed by atoms with Crippen molar-refractivity contribution in [1.82, 2.24) is 0 Å². The van der Waals surface area contributed by atoms with E-state index >= 15 is 0 Å². The molecule has 0 aromatic heterocycles. The molecule has 4 atom stereocenters. The predicted molar refractivity (Wildman–Crippen MR) is 192 cm³/mol. The van der Waals surface area contributed by atoms with Crippen LogP contribution < -0.4 is 0 Å². The first-order valence-electron chi connectivity index (χ1n) is 18.0. The molecule has 0 saturated heterocycles. The lowest BCUT2D eigenvalue weighted by atomic mass is 9.61. The Labute approximate surface area is 275 Å². The van der Waals surface area contributed by atoms with E-state index in [1.807, 2.05) is 0 Å². The molecule has 0 fully saturated rings. The van der Waals surface area contributed by atoms with Crippen LogP contribution in [0.25, 0.3) is 0 Å². The lowest BCUT2D eigenvalue weighted by Crippen LogP contribution is -2.29. The molecule has 10 rings (SSSR count). The van der Waals surface area contributed by atoms with Crippen LogP contribution in [0.5, 0.6) is 0 Å². The van der Waals surface area contributed by atoms with E-state index in [4.69, 9.17) is 0 Å². The Morgan fingerprint density at radius 1 is 0.609 bits per heavy atom. The van der Waals surface area contributed by atoms with Crippen molar-refractivity contribution in [3.63, 3.8) is 0 Å². The quantitative estimate of drug-likeness (QED) is 0.297. The molecule has 10 aliphatic rings. The molecule has 46 heavy (non-hydrogen) atoms. The molecular formula is C46H44. The van der Waals surface area contributed by atoms with E-state index in [1.54, 1.807) is 61.3 Å². The van der Waals surface area contributed by atoms with E-state index in [0.717, 1.165) is 6.42 Å². The van der Waals surface area contributed by atoms with Gasteiger partial charge in [-0.05, 0) is 140 Å². The monoisotopic (exact) mass is 596 g/mol. The van der Waals surface area contributed by atoms with Crippen molar-refractivity contribution in [2.45, 2.75) is 72.1 Å². The number of allylic oxidation sites excluding steroid dienone is 30. The van der Waals surface area contributed by atoms with Gasteiger partial charge in [0.15, 0.2) is 0 Å². The summed E-state index contributed by atoms with van der Waals surface area (Å²) in [6, 6.07) is 0. The van der Waals surface area contributed by atoms with Crippen molar-refractivity contribution in [3.05, 3.63) is 175 Å². The van der Waals surface area contributed by atoms with Gasteiger partial charge in [-0.1, -0.05) is 112 Å². The zero-order valence-corrected chi connectivity index (χ0v) is 27.6. The molecule has 0 aromatic rings. The smallest absolute Gasteiger partial charge is 0.0201 e. The topological polar surface area (TPSA) is 0 Å². The average Bonchev–Trinajstić information content (AvgIpc) is 3.08. The summed E-state index contributed by atoms with van der Waals surface area (Å²) in [5.74, 6) is 1.97. The molecule has 0 N–H and O–H groups in total. The second-order valence-electron chi connectivity index (χ2n) is 16.1. The van der Waals surface area contributed by atoms with E-state index in [0.29, 0.717) is 23.7 Å². The van der Waals surface area contributed by atoms with Crippen LogP contribution in [0.15, 0.2) is 175 Å². The Hall–Kier alpha value is -3.90. The first kappa shape index (κ1) is 27.2. The molecule has 0 nitrogen and oxygen atoms in total. The van der Waals surface area contributed by atoms with Gasteiger partial charge in [-0.15, -0.1) is 0 Å². The van der Waals surface area contributed by atoms with Crippen LogP contribution in [0.3, 0.4) is 0 Å². The third kappa shape index (κ3) is 3.98. The van der Waals surface area contributed by atoms with Crippen molar-refractivity contribution >= 4 is 0 Å². The van der Waals surface area contributed by atoms with E-state index in [1.165, 1.54) is 67.2 Å². The molecule has 0 amide bonds. The van der Waals surface area contributed by atoms with Gasteiger partial charge in [0.05, 0.1) is 0 Å². The highest BCUT2D eigenvalue weighted by atomic mass is 14.4.